The number of anilines is 2. The molecule has 4 rings (SSSR count). The first-order chi connectivity index (χ1) is 13.7. The van der Waals surface area contributed by atoms with Crippen LogP contribution in [0.5, 0.6) is 5.75 Å². The molecular formula is C23H25N3O2. The summed E-state index contributed by atoms with van der Waals surface area (Å²) < 4.78 is 5.72. The van der Waals surface area contributed by atoms with Gasteiger partial charge in [0.25, 0.3) is 5.91 Å². The zero-order valence-corrected chi connectivity index (χ0v) is 16.1. The minimum absolute atomic E-state index is 0.0184. The van der Waals surface area contributed by atoms with Gasteiger partial charge < -0.3 is 19.9 Å². The molecule has 0 atom stereocenters. The van der Waals surface area contributed by atoms with E-state index in [1.165, 1.54) is 0 Å². The molecule has 0 unspecified atom stereocenters. The lowest BCUT2D eigenvalue weighted by Gasteiger charge is -2.35. The van der Waals surface area contributed by atoms with Crippen molar-refractivity contribution in [2.75, 3.05) is 50.1 Å². The van der Waals surface area contributed by atoms with Gasteiger partial charge in [0.15, 0.2) is 6.61 Å². The highest BCUT2D eigenvalue weighted by atomic mass is 16.5. The van der Waals surface area contributed by atoms with E-state index in [1.807, 2.05) is 54.6 Å². The van der Waals surface area contributed by atoms with Gasteiger partial charge >= 0.3 is 0 Å². The summed E-state index contributed by atoms with van der Waals surface area (Å²) in [6.07, 6.45) is 0. The van der Waals surface area contributed by atoms with Crippen molar-refractivity contribution in [3.63, 3.8) is 0 Å². The molecule has 1 aliphatic rings. The number of nitrogens with zero attached hydrogens (tertiary/aromatic N) is 2. The Morgan fingerprint density at radius 1 is 0.929 bits per heavy atom. The molecule has 0 aromatic heterocycles. The van der Waals surface area contributed by atoms with E-state index in [9.17, 15) is 4.79 Å². The Bertz CT molecular complexity index is 965. The average molecular weight is 375 g/mol. The van der Waals surface area contributed by atoms with Crippen LogP contribution in [0.4, 0.5) is 11.4 Å². The normalized spacial score (nSPS) is 14.8. The number of likely N-dealkylation sites (N-methyl/N-ethyl adjacent to an activating group) is 1. The summed E-state index contributed by atoms with van der Waals surface area (Å²) in [5, 5.41) is 5.26. The number of fused-ring (bicyclic) bond motifs is 1. The molecule has 1 saturated heterocycles. The third-order valence-electron chi connectivity index (χ3n) is 5.11. The first-order valence-electron chi connectivity index (χ1n) is 9.63. The van der Waals surface area contributed by atoms with E-state index < -0.39 is 0 Å². The number of carbonyl (C=O) groups is 1. The topological polar surface area (TPSA) is 44.8 Å². The Balaban J connectivity index is 1.39. The summed E-state index contributed by atoms with van der Waals surface area (Å²) in [5.74, 6) is 0.538. The van der Waals surface area contributed by atoms with Crippen molar-refractivity contribution in [1.29, 1.82) is 0 Å². The molecular weight excluding hydrogens is 350 g/mol. The van der Waals surface area contributed by atoms with Crippen LogP contribution in [0.15, 0.2) is 66.7 Å². The molecule has 0 saturated carbocycles. The molecule has 0 radical (unpaired) electrons. The molecule has 1 amide bonds. The quantitative estimate of drug-likeness (QED) is 0.740. The van der Waals surface area contributed by atoms with Crippen LogP contribution >= 0.6 is 0 Å². The maximum atomic E-state index is 12.5. The third kappa shape index (κ3) is 4.26. The van der Waals surface area contributed by atoms with Crippen LogP contribution < -0.4 is 15.0 Å². The van der Waals surface area contributed by atoms with Crippen molar-refractivity contribution >= 4 is 28.1 Å². The maximum Gasteiger partial charge on any atom is 0.262 e. The number of hydrogen-bond acceptors (Lipinski definition) is 4. The second kappa shape index (κ2) is 8.31. The second-order valence-electron chi connectivity index (χ2n) is 7.15. The third-order valence-corrected chi connectivity index (χ3v) is 5.11. The van der Waals surface area contributed by atoms with Crippen LogP contribution in [0.1, 0.15) is 0 Å². The van der Waals surface area contributed by atoms with Crippen molar-refractivity contribution in [3.05, 3.63) is 66.7 Å². The highest BCUT2D eigenvalue weighted by Gasteiger charge is 2.17. The molecule has 3 aromatic rings. The monoisotopic (exact) mass is 375 g/mol. The van der Waals surface area contributed by atoms with Gasteiger partial charge in [0.2, 0.25) is 0 Å². The number of hydrogen-bond donors (Lipinski definition) is 1. The van der Waals surface area contributed by atoms with Gasteiger partial charge in [0, 0.05) is 26.2 Å². The van der Waals surface area contributed by atoms with Crippen molar-refractivity contribution in [2.45, 2.75) is 0 Å². The number of amides is 1. The van der Waals surface area contributed by atoms with Gasteiger partial charge in [-0.2, -0.15) is 0 Å². The maximum absolute atomic E-state index is 12.5. The van der Waals surface area contributed by atoms with Crippen LogP contribution in [0.2, 0.25) is 0 Å². The molecule has 1 aliphatic heterocycles. The summed E-state index contributed by atoms with van der Waals surface area (Å²) in [6.45, 7) is 3.93. The first-order valence-corrected chi connectivity index (χ1v) is 9.63. The molecule has 1 fully saturated rings. The van der Waals surface area contributed by atoms with Crippen LogP contribution in [-0.2, 0) is 4.79 Å². The van der Waals surface area contributed by atoms with E-state index >= 15 is 0 Å². The smallest absolute Gasteiger partial charge is 0.262 e. The molecule has 144 valence electrons. The van der Waals surface area contributed by atoms with E-state index in [0.29, 0.717) is 5.75 Å². The van der Waals surface area contributed by atoms with Gasteiger partial charge in [0.1, 0.15) is 5.75 Å². The van der Waals surface area contributed by atoms with E-state index in [1.54, 1.807) is 0 Å². The lowest BCUT2D eigenvalue weighted by Crippen LogP contribution is -2.44. The molecule has 3 aromatic carbocycles. The van der Waals surface area contributed by atoms with Crippen LogP contribution in [-0.4, -0.2) is 50.6 Å². The van der Waals surface area contributed by atoms with Gasteiger partial charge in [0.05, 0.1) is 11.4 Å². The zero-order valence-electron chi connectivity index (χ0n) is 16.1. The van der Waals surface area contributed by atoms with E-state index in [-0.39, 0.29) is 12.5 Å². The highest BCUT2D eigenvalue weighted by Crippen LogP contribution is 2.26. The van der Waals surface area contributed by atoms with Crippen LogP contribution in [0.25, 0.3) is 10.8 Å². The Morgan fingerprint density at radius 2 is 1.64 bits per heavy atom. The van der Waals surface area contributed by atoms with Gasteiger partial charge in [-0.1, -0.05) is 42.5 Å². The Hall–Kier alpha value is -3.05. The van der Waals surface area contributed by atoms with E-state index in [4.69, 9.17) is 4.74 Å². The van der Waals surface area contributed by atoms with Gasteiger partial charge in [-0.15, -0.1) is 0 Å². The summed E-state index contributed by atoms with van der Waals surface area (Å²) in [7, 11) is 2.13. The fraction of sp³-hybridized carbons (Fsp3) is 0.261. The minimum Gasteiger partial charge on any atom is -0.484 e. The second-order valence-corrected chi connectivity index (χ2v) is 7.15. The predicted octanol–water partition coefficient (Wildman–Crippen LogP) is 3.61. The predicted molar refractivity (Wildman–Crippen MR) is 114 cm³/mol. The summed E-state index contributed by atoms with van der Waals surface area (Å²) in [6, 6.07) is 21.9. The molecule has 0 spiro atoms. The summed E-state index contributed by atoms with van der Waals surface area (Å²) >= 11 is 0. The van der Waals surface area contributed by atoms with Gasteiger partial charge in [-0.25, -0.2) is 0 Å². The number of benzene rings is 3. The SMILES string of the molecule is CN1CCN(c2ccccc2NC(=O)COc2ccc3ccccc3c2)CC1. The van der Waals surface area contributed by atoms with Crippen molar-refractivity contribution in [3.8, 4) is 5.75 Å². The molecule has 0 aliphatic carbocycles. The zero-order chi connectivity index (χ0) is 19.3. The molecule has 5 nitrogen and oxygen atoms in total. The fourth-order valence-electron chi connectivity index (χ4n) is 3.49. The van der Waals surface area contributed by atoms with E-state index in [2.05, 4.69) is 34.3 Å². The van der Waals surface area contributed by atoms with Crippen LogP contribution in [0.3, 0.4) is 0 Å². The van der Waals surface area contributed by atoms with Crippen molar-refractivity contribution in [1.82, 2.24) is 4.90 Å². The number of para-hydroxylation sites is 2. The molecule has 5 heteroatoms. The fourth-order valence-corrected chi connectivity index (χ4v) is 3.49. The summed E-state index contributed by atoms with van der Waals surface area (Å²) in [5.41, 5.74) is 1.90. The Kier molecular flexibility index (Phi) is 5.44. The lowest BCUT2D eigenvalue weighted by atomic mass is 10.1. The highest BCUT2D eigenvalue weighted by molar-refractivity contribution is 5.95. The summed E-state index contributed by atoms with van der Waals surface area (Å²) in [4.78, 5) is 17.1. The first kappa shape index (κ1) is 18.3. The number of rotatable bonds is 5. The standard InChI is InChI=1S/C23H25N3O2/c1-25-12-14-26(15-13-25)22-9-5-4-8-21(22)24-23(27)17-28-20-11-10-18-6-2-3-7-19(18)16-20/h2-11,16H,12-15,17H2,1H3,(H,24,27). The Morgan fingerprint density at radius 3 is 2.46 bits per heavy atom. The van der Waals surface area contributed by atoms with Crippen molar-refractivity contribution in [2.24, 2.45) is 0 Å². The van der Waals surface area contributed by atoms with Crippen LogP contribution in [0, 0.1) is 0 Å². The van der Waals surface area contributed by atoms with E-state index in [0.717, 1.165) is 48.3 Å². The van der Waals surface area contributed by atoms with Gasteiger partial charge in [-0.3, -0.25) is 4.79 Å². The molecule has 1 N–H and O–H groups in total. The Labute approximate surface area is 165 Å². The van der Waals surface area contributed by atoms with Gasteiger partial charge in [-0.05, 0) is 42.1 Å². The molecule has 28 heavy (non-hydrogen) atoms. The number of nitrogens with one attached hydrogen (secondary N) is 1. The number of ether oxygens (including phenoxy) is 1. The molecule has 0 bridgehead atoms. The largest absolute Gasteiger partial charge is 0.484 e. The minimum atomic E-state index is -0.158. The average Bonchev–Trinajstić information content (AvgIpc) is 2.73. The number of piperazine rings is 1. The van der Waals surface area contributed by atoms with Crippen molar-refractivity contribution < 1.29 is 9.53 Å². The lowest BCUT2D eigenvalue weighted by molar-refractivity contribution is -0.118. The number of carbonyl (C=O) groups excluding carboxylic acids is 1. The molecule has 1 heterocycles.